The van der Waals surface area contributed by atoms with Crippen molar-refractivity contribution in [2.24, 2.45) is 0 Å². The number of hydrogen-bond acceptors (Lipinski definition) is 3. The Balaban J connectivity index is 1.86. The van der Waals surface area contributed by atoms with Crippen LogP contribution in [0.2, 0.25) is 0 Å². The van der Waals surface area contributed by atoms with Crippen LogP contribution in [0.3, 0.4) is 0 Å². The van der Waals surface area contributed by atoms with Gasteiger partial charge in [-0.15, -0.1) is 0 Å². The Kier molecular flexibility index (Phi) is 3.64. The van der Waals surface area contributed by atoms with Gasteiger partial charge in [-0.25, -0.2) is 0 Å². The average molecular weight is 279 g/mol. The van der Waals surface area contributed by atoms with E-state index in [0.29, 0.717) is 18.2 Å². The average Bonchev–Trinajstić information content (AvgIpc) is 3.14. The molecule has 3 rings (SSSR count). The van der Waals surface area contributed by atoms with Crippen LogP contribution in [0.25, 0.3) is 11.3 Å². The maximum Gasteiger partial charge on any atom is 0.387 e. The molecule has 0 unspecified atom stereocenters. The number of nitrogens with zero attached hydrogens (tertiary/aromatic N) is 1. The molecule has 106 valence electrons. The fraction of sp³-hybridized carbons (Fsp3) is 0.357. The van der Waals surface area contributed by atoms with Gasteiger partial charge >= 0.3 is 6.61 Å². The molecular formula is C14H15F2N3O. The molecule has 1 aromatic carbocycles. The number of hydrogen-bond donors (Lipinski definition) is 2. The lowest BCUT2D eigenvalue weighted by Gasteiger charge is -2.11. The van der Waals surface area contributed by atoms with Gasteiger partial charge in [0.05, 0.1) is 11.9 Å². The number of benzene rings is 1. The number of nitrogens with one attached hydrogen (secondary N) is 2. The molecule has 0 amide bonds. The molecule has 4 nitrogen and oxygen atoms in total. The molecule has 1 saturated carbocycles. The van der Waals surface area contributed by atoms with Gasteiger partial charge < -0.3 is 10.1 Å². The van der Waals surface area contributed by atoms with Crippen LogP contribution in [0.5, 0.6) is 5.75 Å². The summed E-state index contributed by atoms with van der Waals surface area (Å²) in [6, 6.07) is 7.30. The second-order valence-electron chi connectivity index (χ2n) is 4.80. The highest BCUT2D eigenvalue weighted by atomic mass is 19.3. The predicted octanol–water partition coefficient (Wildman–Crippen LogP) is 2.93. The van der Waals surface area contributed by atoms with E-state index in [0.717, 1.165) is 11.3 Å². The summed E-state index contributed by atoms with van der Waals surface area (Å²) in [4.78, 5) is 0. The van der Waals surface area contributed by atoms with Crippen LogP contribution in [-0.2, 0) is 6.54 Å². The third-order valence-electron chi connectivity index (χ3n) is 3.25. The molecule has 1 fully saturated rings. The van der Waals surface area contributed by atoms with E-state index in [2.05, 4.69) is 20.3 Å². The van der Waals surface area contributed by atoms with Crippen LogP contribution in [0.4, 0.5) is 8.78 Å². The van der Waals surface area contributed by atoms with Crippen molar-refractivity contribution in [3.8, 4) is 17.0 Å². The highest BCUT2D eigenvalue weighted by Gasteiger charge is 2.21. The van der Waals surface area contributed by atoms with Gasteiger partial charge in [-0.05, 0) is 25.0 Å². The van der Waals surface area contributed by atoms with Crippen molar-refractivity contribution in [2.75, 3.05) is 0 Å². The monoisotopic (exact) mass is 279 g/mol. The maximum absolute atomic E-state index is 12.4. The zero-order chi connectivity index (χ0) is 13.9. The second kappa shape index (κ2) is 5.58. The lowest BCUT2D eigenvalue weighted by Crippen LogP contribution is -2.15. The Hall–Kier alpha value is -1.95. The molecule has 0 radical (unpaired) electrons. The third-order valence-corrected chi connectivity index (χ3v) is 3.25. The summed E-state index contributed by atoms with van der Waals surface area (Å²) in [6.45, 7) is -2.17. The van der Waals surface area contributed by atoms with E-state index in [1.165, 1.54) is 18.9 Å². The minimum atomic E-state index is -2.84. The normalized spacial score (nSPS) is 14.8. The first kappa shape index (κ1) is 13.1. The lowest BCUT2D eigenvalue weighted by molar-refractivity contribution is -0.0494. The molecule has 1 aliphatic carbocycles. The molecule has 0 aliphatic heterocycles. The van der Waals surface area contributed by atoms with Crippen molar-refractivity contribution < 1.29 is 13.5 Å². The second-order valence-corrected chi connectivity index (χ2v) is 4.80. The predicted molar refractivity (Wildman–Crippen MR) is 70.5 cm³/mol. The summed E-state index contributed by atoms with van der Waals surface area (Å²) < 4.78 is 29.4. The van der Waals surface area contributed by atoms with Gasteiger partial charge in [0, 0.05) is 23.7 Å². The molecule has 1 heterocycles. The van der Waals surface area contributed by atoms with Gasteiger partial charge in [0.25, 0.3) is 0 Å². The molecule has 1 aromatic heterocycles. The largest absolute Gasteiger partial charge is 0.434 e. The van der Waals surface area contributed by atoms with Gasteiger partial charge in [-0.3, -0.25) is 5.10 Å². The Labute approximate surface area is 115 Å². The van der Waals surface area contributed by atoms with Crippen molar-refractivity contribution in [1.82, 2.24) is 15.5 Å². The molecule has 0 saturated heterocycles. The molecule has 2 N–H and O–H groups in total. The van der Waals surface area contributed by atoms with Gasteiger partial charge in [0.15, 0.2) is 0 Å². The third kappa shape index (κ3) is 2.96. The summed E-state index contributed by atoms with van der Waals surface area (Å²) in [7, 11) is 0. The number of aromatic nitrogens is 2. The zero-order valence-electron chi connectivity index (χ0n) is 10.8. The fourth-order valence-electron chi connectivity index (χ4n) is 2.09. The van der Waals surface area contributed by atoms with Crippen LogP contribution >= 0.6 is 0 Å². The van der Waals surface area contributed by atoms with Gasteiger partial charge in [-0.1, -0.05) is 12.1 Å². The molecule has 2 aromatic rings. The first-order valence-electron chi connectivity index (χ1n) is 6.54. The number of para-hydroxylation sites is 1. The molecular weight excluding hydrogens is 264 g/mol. The Morgan fingerprint density at radius 1 is 1.35 bits per heavy atom. The first-order chi connectivity index (χ1) is 9.74. The van der Waals surface area contributed by atoms with E-state index >= 15 is 0 Å². The summed E-state index contributed by atoms with van der Waals surface area (Å²) >= 11 is 0. The molecule has 1 aliphatic rings. The van der Waals surface area contributed by atoms with E-state index in [-0.39, 0.29) is 5.75 Å². The molecule has 6 heteroatoms. The van der Waals surface area contributed by atoms with Crippen LogP contribution < -0.4 is 10.1 Å². The van der Waals surface area contributed by atoms with Crippen molar-refractivity contribution in [2.45, 2.75) is 32.0 Å². The molecule has 0 bridgehead atoms. The fourth-order valence-corrected chi connectivity index (χ4v) is 2.09. The standard InChI is InChI=1S/C14H15F2N3O/c15-14(16)20-12-4-2-1-3-11(12)13-9(8-18-19-13)7-17-10-5-6-10/h1-4,8,10,14,17H,5-7H2,(H,18,19). The molecule has 20 heavy (non-hydrogen) atoms. The Bertz CT molecular complexity index is 581. The van der Waals surface area contributed by atoms with E-state index in [4.69, 9.17) is 0 Å². The van der Waals surface area contributed by atoms with E-state index in [1.807, 2.05) is 0 Å². The van der Waals surface area contributed by atoms with Crippen molar-refractivity contribution in [3.63, 3.8) is 0 Å². The van der Waals surface area contributed by atoms with Crippen molar-refractivity contribution >= 4 is 0 Å². The number of halogens is 2. The minimum Gasteiger partial charge on any atom is -0.434 e. The minimum absolute atomic E-state index is 0.152. The summed E-state index contributed by atoms with van der Waals surface area (Å²) in [6.07, 6.45) is 4.10. The quantitative estimate of drug-likeness (QED) is 0.854. The van der Waals surface area contributed by atoms with Gasteiger partial charge in [0.2, 0.25) is 0 Å². The smallest absolute Gasteiger partial charge is 0.387 e. The number of rotatable bonds is 6. The highest BCUT2D eigenvalue weighted by Crippen LogP contribution is 2.32. The lowest BCUT2D eigenvalue weighted by atomic mass is 10.1. The van der Waals surface area contributed by atoms with Crippen LogP contribution in [0, 0.1) is 0 Å². The van der Waals surface area contributed by atoms with Gasteiger partial charge in [0.1, 0.15) is 5.75 Å². The number of H-pyrrole nitrogens is 1. The van der Waals surface area contributed by atoms with Crippen LogP contribution in [-0.4, -0.2) is 22.9 Å². The Morgan fingerprint density at radius 3 is 2.90 bits per heavy atom. The SMILES string of the molecule is FC(F)Oc1ccccc1-c1[nH]ncc1CNC1CC1. The highest BCUT2D eigenvalue weighted by molar-refractivity contribution is 5.69. The summed E-state index contributed by atoms with van der Waals surface area (Å²) in [5.74, 6) is 0.152. The number of alkyl halides is 2. The van der Waals surface area contributed by atoms with E-state index in [9.17, 15) is 8.78 Å². The Morgan fingerprint density at radius 2 is 2.15 bits per heavy atom. The van der Waals surface area contributed by atoms with E-state index < -0.39 is 6.61 Å². The maximum atomic E-state index is 12.4. The van der Waals surface area contributed by atoms with Crippen molar-refractivity contribution in [3.05, 3.63) is 36.0 Å². The number of aromatic amines is 1. The summed E-state index contributed by atoms with van der Waals surface area (Å²) in [5, 5.41) is 10.3. The van der Waals surface area contributed by atoms with Crippen molar-refractivity contribution in [1.29, 1.82) is 0 Å². The zero-order valence-corrected chi connectivity index (χ0v) is 10.8. The number of ether oxygens (including phenoxy) is 1. The van der Waals surface area contributed by atoms with E-state index in [1.54, 1.807) is 24.4 Å². The van der Waals surface area contributed by atoms with Gasteiger partial charge in [-0.2, -0.15) is 13.9 Å². The topological polar surface area (TPSA) is 49.9 Å². The molecule has 0 spiro atoms. The first-order valence-corrected chi connectivity index (χ1v) is 6.54. The van der Waals surface area contributed by atoms with Crippen LogP contribution in [0.1, 0.15) is 18.4 Å². The summed E-state index contributed by atoms with van der Waals surface area (Å²) in [5.41, 5.74) is 2.26. The van der Waals surface area contributed by atoms with Crippen LogP contribution in [0.15, 0.2) is 30.5 Å². The molecule has 0 atom stereocenters.